The molecule has 0 radical (unpaired) electrons. The van der Waals surface area contributed by atoms with Crippen LogP contribution >= 0.6 is 0 Å². The van der Waals surface area contributed by atoms with E-state index >= 15 is 0 Å². The first-order valence-corrected chi connectivity index (χ1v) is 6.06. The highest BCUT2D eigenvalue weighted by molar-refractivity contribution is 5.95. The van der Waals surface area contributed by atoms with Crippen molar-refractivity contribution in [3.63, 3.8) is 0 Å². The van der Waals surface area contributed by atoms with Gasteiger partial charge in [0.15, 0.2) is 0 Å². The van der Waals surface area contributed by atoms with Crippen LogP contribution in [0.15, 0.2) is 42.5 Å². The van der Waals surface area contributed by atoms with E-state index in [1.807, 2.05) is 0 Å². The largest absolute Gasteiger partial charge is 0.497 e. The highest BCUT2D eigenvalue weighted by Crippen LogP contribution is 2.19. The molecule has 0 unspecified atom stereocenters. The topological polar surface area (TPSA) is 64.3 Å². The molecule has 0 saturated carbocycles. The van der Waals surface area contributed by atoms with Crippen molar-refractivity contribution in [2.75, 3.05) is 18.2 Å². The van der Waals surface area contributed by atoms with Gasteiger partial charge in [0.1, 0.15) is 11.6 Å². The fourth-order valence-corrected chi connectivity index (χ4v) is 1.76. The summed E-state index contributed by atoms with van der Waals surface area (Å²) in [5.41, 5.74) is 7.11. The van der Waals surface area contributed by atoms with E-state index in [0.717, 1.165) is 11.3 Å². The van der Waals surface area contributed by atoms with Crippen LogP contribution in [0.5, 0.6) is 5.75 Å². The minimum absolute atomic E-state index is 0.181. The third-order valence-electron chi connectivity index (χ3n) is 2.81. The Kier molecular flexibility index (Phi) is 4.20. The first-order chi connectivity index (χ1) is 9.58. The van der Waals surface area contributed by atoms with E-state index < -0.39 is 5.82 Å². The Hall–Kier alpha value is -2.56. The average Bonchev–Trinajstić information content (AvgIpc) is 2.43. The quantitative estimate of drug-likeness (QED) is 0.842. The third kappa shape index (κ3) is 3.47. The molecule has 0 bridgehead atoms. The van der Waals surface area contributed by atoms with Gasteiger partial charge in [-0.15, -0.1) is 0 Å². The van der Waals surface area contributed by atoms with Crippen LogP contribution in [-0.2, 0) is 11.2 Å². The Morgan fingerprint density at radius 2 is 1.95 bits per heavy atom. The van der Waals surface area contributed by atoms with Crippen molar-refractivity contribution in [2.45, 2.75) is 6.42 Å². The summed E-state index contributed by atoms with van der Waals surface area (Å²) < 4.78 is 18.1. The summed E-state index contributed by atoms with van der Waals surface area (Å²) in [5.74, 6) is 0.0231. The maximum Gasteiger partial charge on any atom is 0.228 e. The van der Waals surface area contributed by atoms with Crippen molar-refractivity contribution < 1.29 is 13.9 Å². The predicted molar refractivity (Wildman–Crippen MR) is 76.1 cm³/mol. The van der Waals surface area contributed by atoms with E-state index in [9.17, 15) is 9.18 Å². The molecular formula is C15H15FN2O2. The van der Waals surface area contributed by atoms with Gasteiger partial charge in [-0.1, -0.05) is 12.1 Å². The van der Waals surface area contributed by atoms with E-state index in [-0.39, 0.29) is 18.0 Å². The van der Waals surface area contributed by atoms with Gasteiger partial charge in [-0.25, -0.2) is 4.39 Å². The monoisotopic (exact) mass is 274 g/mol. The van der Waals surface area contributed by atoms with Crippen molar-refractivity contribution in [3.8, 4) is 5.75 Å². The maximum absolute atomic E-state index is 13.1. The average molecular weight is 274 g/mol. The fraction of sp³-hybridized carbons (Fsp3) is 0.133. The summed E-state index contributed by atoms with van der Waals surface area (Å²) in [7, 11) is 1.58. The number of ether oxygens (including phenoxy) is 1. The van der Waals surface area contributed by atoms with Crippen LogP contribution in [0, 0.1) is 5.82 Å². The number of nitrogens with one attached hydrogen (secondary N) is 1. The molecule has 20 heavy (non-hydrogen) atoms. The molecule has 0 aliphatic heterocycles. The minimum Gasteiger partial charge on any atom is -0.497 e. The van der Waals surface area contributed by atoms with Crippen LogP contribution in [0.2, 0.25) is 0 Å². The number of carbonyl (C=O) groups is 1. The number of benzene rings is 2. The predicted octanol–water partition coefficient (Wildman–Crippen LogP) is 2.60. The molecule has 1 amide bonds. The molecule has 0 aromatic heterocycles. The van der Waals surface area contributed by atoms with E-state index in [2.05, 4.69) is 5.32 Å². The highest BCUT2D eigenvalue weighted by atomic mass is 19.1. The first-order valence-electron chi connectivity index (χ1n) is 6.06. The van der Waals surface area contributed by atoms with Crippen LogP contribution in [0.25, 0.3) is 0 Å². The van der Waals surface area contributed by atoms with Crippen LogP contribution in [-0.4, -0.2) is 13.0 Å². The second-order valence-corrected chi connectivity index (χ2v) is 4.30. The van der Waals surface area contributed by atoms with Gasteiger partial charge in [0.2, 0.25) is 5.91 Å². The standard InChI is InChI=1S/C15H15FN2O2/c1-20-12-5-2-10(3-6-12)8-15(19)18-14-9-11(16)4-7-13(14)17/h2-7,9H,8,17H2,1H3,(H,18,19). The molecule has 0 aliphatic carbocycles. The summed E-state index contributed by atoms with van der Waals surface area (Å²) >= 11 is 0. The molecule has 2 rings (SSSR count). The molecule has 104 valence electrons. The number of halogens is 1. The van der Waals surface area contributed by atoms with Crippen molar-refractivity contribution in [1.82, 2.24) is 0 Å². The smallest absolute Gasteiger partial charge is 0.228 e. The second kappa shape index (κ2) is 6.06. The lowest BCUT2D eigenvalue weighted by molar-refractivity contribution is -0.115. The van der Waals surface area contributed by atoms with Gasteiger partial charge in [0.05, 0.1) is 24.9 Å². The molecule has 4 nitrogen and oxygen atoms in total. The van der Waals surface area contributed by atoms with Gasteiger partial charge >= 0.3 is 0 Å². The number of methoxy groups -OCH3 is 1. The lowest BCUT2D eigenvalue weighted by Gasteiger charge is -2.08. The number of carbonyl (C=O) groups excluding carboxylic acids is 1. The molecule has 0 heterocycles. The molecule has 0 atom stereocenters. The molecule has 5 heteroatoms. The van der Waals surface area contributed by atoms with Crippen LogP contribution in [0.3, 0.4) is 0 Å². The zero-order valence-corrected chi connectivity index (χ0v) is 11.0. The Bertz CT molecular complexity index is 612. The molecule has 0 fully saturated rings. The lowest BCUT2D eigenvalue weighted by Crippen LogP contribution is -2.15. The van der Waals surface area contributed by atoms with Gasteiger partial charge in [0, 0.05) is 0 Å². The number of hydrogen-bond acceptors (Lipinski definition) is 3. The Labute approximate surface area is 116 Å². The lowest BCUT2D eigenvalue weighted by atomic mass is 10.1. The Balaban J connectivity index is 2.03. The normalized spacial score (nSPS) is 10.1. The van der Waals surface area contributed by atoms with Gasteiger partial charge in [-0.2, -0.15) is 0 Å². The van der Waals surface area contributed by atoms with Gasteiger partial charge < -0.3 is 15.8 Å². The Morgan fingerprint density at radius 3 is 2.60 bits per heavy atom. The van der Waals surface area contributed by atoms with Gasteiger partial charge in [-0.3, -0.25) is 4.79 Å². The SMILES string of the molecule is COc1ccc(CC(=O)Nc2cc(F)ccc2N)cc1. The summed E-state index contributed by atoms with van der Waals surface area (Å²) in [6.07, 6.45) is 0.181. The second-order valence-electron chi connectivity index (χ2n) is 4.30. The van der Waals surface area contributed by atoms with E-state index in [4.69, 9.17) is 10.5 Å². The molecule has 2 aromatic carbocycles. The minimum atomic E-state index is -0.445. The summed E-state index contributed by atoms with van der Waals surface area (Å²) in [6, 6.07) is 11.0. The summed E-state index contributed by atoms with van der Waals surface area (Å²) in [6.45, 7) is 0. The zero-order valence-electron chi connectivity index (χ0n) is 11.0. The van der Waals surface area contributed by atoms with Gasteiger partial charge in [-0.05, 0) is 35.9 Å². The third-order valence-corrected chi connectivity index (χ3v) is 2.81. The van der Waals surface area contributed by atoms with Crippen molar-refractivity contribution >= 4 is 17.3 Å². The highest BCUT2D eigenvalue weighted by Gasteiger charge is 2.07. The first kappa shape index (κ1) is 13.9. The molecule has 2 aromatic rings. The van der Waals surface area contributed by atoms with E-state index in [1.54, 1.807) is 31.4 Å². The number of nitrogens with two attached hydrogens (primary N) is 1. The van der Waals surface area contributed by atoms with Crippen molar-refractivity contribution in [1.29, 1.82) is 0 Å². The van der Waals surface area contributed by atoms with Crippen LogP contribution in [0.1, 0.15) is 5.56 Å². The van der Waals surface area contributed by atoms with Crippen LogP contribution in [0.4, 0.5) is 15.8 Å². The number of rotatable bonds is 4. The number of hydrogen-bond donors (Lipinski definition) is 2. The number of anilines is 2. The maximum atomic E-state index is 13.1. The van der Waals surface area contributed by atoms with Crippen molar-refractivity contribution in [2.24, 2.45) is 0 Å². The van der Waals surface area contributed by atoms with Crippen LogP contribution < -0.4 is 15.8 Å². The van der Waals surface area contributed by atoms with E-state index in [0.29, 0.717) is 5.69 Å². The molecule has 0 saturated heterocycles. The molecule has 0 spiro atoms. The fourth-order valence-electron chi connectivity index (χ4n) is 1.76. The molecular weight excluding hydrogens is 259 g/mol. The number of amides is 1. The molecule has 0 aliphatic rings. The zero-order chi connectivity index (χ0) is 14.5. The molecule has 3 N–H and O–H groups in total. The van der Waals surface area contributed by atoms with E-state index in [1.165, 1.54) is 18.2 Å². The summed E-state index contributed by atoms with van der Waals surface area (Å²) in [5, 5.41) is 2.59. The van der Waals surface area contributed by atoms with Gasteiger partial charge in [0.25, 0.3) is 0 Å². The number of nitrogen functional groups attached to an aromatic ring is 1. The van der Waals surface area contributed by atoms with Crippen molar-refractivity contribution in [3.05, 3.63) is 53.8 Å². The summed E-state index contributed by atoms with van der Waals surface area (Å²) in [4.78, 5) is 11.9. The Morgan fingerprint density at radius 1 is 1.25 bits per heavy atom.